The van der Waals surface area contributed by atoms with Gasteiger partial charge in [-0.2, -0.15) is 8.78 Å². The van der Waals surface area contributed by atoms with Crippen molar-refractivity contribution in [2.45, 2.75) is 12.0 Å². The van der Waals surface area contributed by atoms with Crippen molar-refractivity contribution in [1.82, 2.24) is 0 Å². The van der Waals surface area contributed by atoms with E-state index in [1.807, 2.05) is 0 Å². The number of nitrogens with one attached hydrogen (secondary N) is 1. The number of alkyl halides is 3. The Kier molecular flexibility index (Phi) is 3.41. The van der Waals surface area contributed by atoms with Crippen molar-refractivity contribution in [3.63, 3.8) is 0 Å². The lowest BCUT2D eigenvalue weighted by Gasteiger charge is -2.10. The second-order valence-corrected chi connectivity index (χ2v) is 3.08. The van der Waals surface area contributed by atoms with E-state index in [2.05, 4.69) is 16.3 Å². The molecule has 0 bridgehead atoms. The van der Waals surface area contributed by atoms with Gasteiger partial charge in [-0.1, -0.05) is 30.3 Å². The van der Waals surface area contributed by atoms with E-state index < -0.39 is 11.3 Å². The molecule has 1 N–H and O–H groups in total. The van der Waals surface area contributed by atoms with Crippen LogP contribution in [0.2, 0.25) is 0 Å². The zero-order valence-corrected chi connectivity index (χ0v) is 7.89. The lowest BCUT2D eigenvalue weighted by atomic mass is 10.2. The van der Waals surface area contributed by atoms with Gasteiger partial charge in [-0.05, 0) is 17.2 Å². The smallest absolute Gasteiger partial charge is 0.396 e. The molecule has 0 saturated heterocycles. The number of hydrogen-bond acceptors (Lipinski definition) is 2. The van der Waals surface area contributed by atoms with Crippen LogP contribution in [0, 0.1) is 5.41 Å². The second-order valence-electron chi connectivity index (χ2n) is 2.60. The lowest BCUT2D eigenvalue weighted by Crippen LogP contribution is -2.23. The normalized spacial score (nSPS) is 11.1. The van der Waals surface area contributed by atoms with Crippen LogP contribution < -0.4 is 0 Å². The molecule has 1 rings (SSSR count). The summed E-state index contributed by atoms with van der Waals surface area (Å²) in [5.74, 6) is -1.23. The third-order valence-corrected chi connectivity index (χ3v) is 1.66. The Morgan fingerprint density at radius 2 is 1.93 bits per heavy atom. The molecule has 0 aliphatic rings. The molecule has 0 unspecified atom stereocenters. The first-order valence-electron chi connectivity index (χ1n) is 3.82. The third-order valence-electron chi connectivity index (χ3n) is 1.48. The van der Waals surface area contributed by atoms with Crippen molar-refractivity contribution in [2.75, 3.05) is 0 Å². The highest BCUT2D eigenvalue weighted by Crippen LogP contribution is 2.21. The highest BCUT2D eigenvalue weighted by Gasteiger charge is 2.33. The van der Waals surface area contributed by atoms with E-state index in [0.717, 1.165) is 0 Å². The summed E-state index contributed by atoms with van der Waals surface area (Å²) in [6, 6.07) is 8.71. The van der Waals surface area contributed by atoms with Crippen LogP contribution in [0.4, 0.5) is 8.78 Å². The molecule has 2 nitrogen and oxygen atoms in total. The van der Waals surface area contributed by atoms with Crippen molar-refractivity contribution in [3.05, 3.63) is 35.9 Å². The standard InChI is InChI=1S/C9H8ClF2NO/c10-9(11,12)8(13)14-6-7-4-2-1-3-5-7/h1-5,13H,6H2. The number of hydrogen-bond donors (Lipinski definition) is 1. The molecule has 0 aromatic heterocycles. The molecule has 0 aliphatic heterocycles. The molecule has 0 spiro atoms. The first kappa shape index (κ1) is 10.9. The number of ether oxygens (including phenoxy) is 1. The average molecular weight is 220 g/mol. The van der Waals surface area contributed by atoms with Crippen molar-refractivity contribution >= 4 is 17.5 Å². The van der Waals surface area contributed by atoms with Gasteiger partial charge in [-0.25, -0.2) is 0 Å². The summed E-state index contributed by atoms with van der Waals surface area (Å²) in [6.45, 7) is -0.0814. The summed E-state index contributed by atoms with van der Waals surface area (Å²) in [4.78, 5) is 0. The van der Waals surface area contributed by atoms with E-state index in [0.29, 0.717) is 5.56 Å². The van der Waals surface area contributed by atoms with Gasteiger partial charge in [0, 0.05) is 0 Å². The van der Waals surface area contributed by atoms with Crippen molar-refractivity contribution < 1.29 is 13.5 Å². The Hall–Kier alpha value is -1.16. The van der Waals surface area contributed by atoms with Crippen LogP contribution in [-0.2, 0) is 11.3 Å². The van der Waals surface area contributed by atoms with Gasteiger partial charge in [0.1, 0.15) is 6.61 Å². The topological polar surface area (TPSA) is 33.1 Å². The van der Waals surface area contributed by atoms with Gasteiger partial charge >= 0.3 is 5.38 Å². The molecule has 5 heteroatoms. The first-order chi connectivity index (χ1) is 6.50. The van der Waals surface area contributed by atoms with Gasteiger partial charge in [-0.3, -0.25) is 5.41 Å². The van der Waals surface area contributed by atoms with Gasteiger partial charge in [0.25, 0.3) is 5.90 Å². The molecular formula is C9H8ClF2NO. The Morgan fingerprint density at radius 1 is 1.36 bits per heavy atom. The highest BCUT2D eigenvalue weighted by atomic mass is 35.5. The van der Waals surface area contributed by atoms with E-state index in [-0.39, 0.29) is 6.61 Å². The Balaban J connectivity index is 2.46. The maximum absolute atomic E-state index is 12.2. The summed E-state index contributed by atoms with van der Waals surface area (Å²) in [6.07, 6.45) is 0. The summed E-state index contributed by atoms with van der Waals surface area (Å²) >= 11 is 4.57. The Labute approximate surface area is 85.0 Å². The van der Waals surface area contributed by atoms with E-state index in [9.17, 15) is 8.78 Å². The van der Waals surface area contributed by atoms with Gasteiger partial charge in [0.05, 0.1) is 0 Å². The van der Waals surface area contributed by atoms with Gasteiger partial charge in [-0.15, -0.1) is 0 Å². The van der Waals surface area contributed by atoms with E-state index >= 15 is 0 Å². The minimum atomic E-state index is -3.73. The van der Waals surface area contributed by atoms with Crippen LogP contribution in [0.25, 0.3) is 0 Å². The molecule has 0 radical (unpaired) electrons. The van der Waals surface area contributed by atoms with Crippen molar-refractivity contribution in [2.24, 2.45) is 0 Å². The van der Waals surface area contributed by atoms with Crippen LogP contribution in [0.15, 0.2) is 30.3 Å². The van der Waals surface area contributed by atoms with Gasteiger partial charge < -0.3 is 4.74 Å². The minimum absolute atomic E-state index is 0.0814. The maximum Gasteiger partial charge on any atom is 0.396 e. The third kappa shape index (κ3) is 3.30. The summed E-state index contributed by atoms with van der Waals surface area (Å²) in [5, 5.41) is 3.06. The molecule has 1 aromatic carbocycles. The predicted molar refractivity (Wildman–Crippen MR) is 49.8 cm³/mol. The summed E-state index contributed by atoms with van der Waals surface area (Å²) in [5.41, 5.74) is 0.707. The summed E-state index contributed by atoms with van der Waals surface area (Å²) < 4.78 is 29.0. The van der Waals surface area contributed by atoms with E-state index in [4.69, 9.17) is 5.41 Å². The quantitative estimate of drug-likeness (QED) is 0.473. The van der Waals surface area contributed by atoms with E-state index in [1.165, 1.54) is 0 Å². The number of rotatable bonds is 3. The molecule has 0 amide bonds. The van der Waals surface area contributed by atoms with Gasteiger partial charge in [0.15, 0.2) is 0 Å². The largest absolute Gasteiger partial charge is 0.471 e. The Morgan fingerprint density at radius 3 is 2.43 bits per heavy atom. The van der Waals surface area contributed by atoms with Crippen LogP contribution in [-0.4, -0.2) is 11.3 Å². The SMILES string of the molecule is N=C(OCc1ccccc1)C(F)(F)Cl. The fourth-order valence-corrected chi connectivity index (χ4v) is 0.866. The molecule has 14 heavy (non-hydrogen) atoms. The molecular weight excluding hydrogens is 212 g/mol. The highest BCUT2D eigenvalue weighted by molar-refractivity contribution is 6.31. The lowest BCUT2D eigenvalue weighted by molar-refractivity contribution is 0.122. The monoisotopic (exact) mass is 219 g/mol. The minimum Gasteiger partial charge on any atom is -0.471 e. The van der Waals surface area contributed by atoms with Crippen LogP contribution in [0.3, 0.4) is 0 Å². The average Bonchev–Trinajstić information content (AvgIpc) is 2.14. The fraction of sp³-hybridized carbons (Fsp3) is 0.222. The molecule has 0 saturated carbocycles. The zero-order valence-electron chi connectivity index (χ0n) is 7.14. The number of benzene rings is 1. The molecule has 0 aliphatic carbocycles. The summed E-state index contributed by atoms with van der Waals surface area (Å²) in [7, 11) is 0. The Bertz CT molecular complexity index is 310. The zero-order chi connectivity index (χ0) is 10.6. The van der Waals surface area contributed by atoms with E-state index in [1.54, 1.807) is 30.3 Å². The molecule has 0 atom stereocenters. The molecule has 0 heterocycles. The molecule has 0 fully saturated rings. The van der Waals surface area contributed by atoms with Crippen molar-refractivity contribution in [1.29, 1.82) is 5.41 Å². The predicted octanol–water partition coefficient (Wildman–Crippen LogP) is 3.01. The van der Waals surface area contributed by atoms with Crippen molar-refractivity contribution in [3.8, 4) is 0 Å². The van der Waals surface area contributed by atoms with Gasteiger partial charge in [0.2, 0.25) is 0 Å². The number of halogens is 3. The van der Waals surface area contributed by atoms with Crippen LogP contribution in [0.1, 0.15) is 5.56 Å². The van der Waals surface area contributed by atoms with Crippen LogP contribution in [0.5, 0.6) is 0 Å². The second kappa shape index (κ2) is 4.37. The molecule has 76 valence electrons. The fourth-order valence-electron chi connectivity index (χ4n) is 0.812. The first-order valence-corrected chi connectivity index (χ1v) is 4.20. The maximum atomic E-state index is 12.2. The molecule has 1 aromatic rings. The van der Waals surface area contributed by atoms with Crippen LogP contribution >= 0.6 is 11.6 Å².